The lowest BCUT2D eigenvalue weighted by molar-refractivity contribution is 0.425. The summed E-state index contributed by atoms with van der Waals surface area (Å²) in [5, 5.41) is 18.6. The van der Waals surface area contributed by atoms with E-state index < -0.39 is 7.12 Å². The molecule has 0 aliphatic carbocycles. The van der Waals surface area contributed by atoms with Crippen molar-refractivity contribution in [3.05, 3.63) is 64.1 Å². The molecule has 2 nitrogen and oxygen atoms in total. The van der Waals surface area contributed by atoms with Crippen LogP contribution in [0.25, 0.3) is 0 Å². The fraction of sp³-hybridized carbons (Fsp3) is 0.0769. The van der Waals surface area contributed by atoms with Crippen LogP contribution in [0.5, 0.6) is 0 Å². The first-order chi connectivity index (χ1) is 8.16. The molecular formula is C13H12BBrO2. The lowest BCUT2D eigenvalue weighted by Crippen LogP contribution is -2.33. The number of hydrogen-bond acceptors (Lipinski definition) is 2. The van der Waals surface area contributed by atoms with Gasteiger partial charge in [-0.1, -0.05) is 52.3 Å². The number of benzene rings is 2. The van der Waals surface area contributed by atoms with Gasteiger partial charge in [0.2, 0.25) is 0 Å². The van der Waals surface area contributed by atoms with Crippen LogP contribution in [-0.2, 0) is 6.42 Å². The van der Waals surface area contributed by atoms with Crippen LogP contribution in [0.4, 0.5) is 0 Å². The van der Waals surface area contributed by atoms with Gasteiger partial charge in [-0.2, -0.15) is 0 Å². The Hall–Kier alpha value is -1.10. The minimum absolute atomic E-state index is 0.553. The standard InChI is InChI=1S/C13H12BBrO2/c15-12-6-7-13(14(16)17)11(9-12)8-10-4-2-1-3-5-10/h1-7,9,16-17H,8H2. The molecule has 0 heterocycles. The summed E-state index contributed by atoms with van der Waals surface area (Å²) in [5.74, 6) is 0. The molecule has 0 unspecified atom stereocenters. The van der Waals surface area contributed by atoms with Crippen molar-refractivity contribution in [2.45, 2.75) is 6.42 Å². The van der Waals surface area contributed by atoms with Gasteiger partial charge in [0.25, 0.3) is 0 Å². The van der Waals surface area contributed by atoms with Gasteiger partial charge < -0.3 is 10.0 Å². The van der Waals surface area contributed by atoms with E-state index in [-0.39, 0.29) is 0 Å². The molecule has 2 aromatic rings. The van der Waals surface area contributed by atoms with Crippen molar-refractivity contribution >= 4 is 28.5 Å². The van der Waals surface area contributed by atoms with Crippen molar-refractivity contribution in [2.24, 2.45) is 0 Å². The molecule has 0 aliphatic heterocycles. The molecule has 0 fully saturated rings. The van der Waals surface area contributed by atoms with Crippen molar-refractivity contribution in [1.29, 1.82) is 0 Å². The van der Waals surface area contributed by atoms with E-state index in [9.17, 15) is 10.0 Å². The van der Waals surface area contributed by atoms with E-state index in [1.807, 2.05) is 42.5 Å². The molecule has 0 bridgehead atoms. The molecule has 2 rings (SSSR count). The monoisotopic (exact) mass is 290 g/mol. The molecule has 17 heavy (non-hydrogen) atoms. The zero-order valence-corrected chi connectivity index (χ0v) is 10.8. The predicted octanol–water partition coefficient (Wildman–Crippen LogP) is 1.72. The summed E-state index contributed by atoms with van der Waals surface area (Å²) in [6, 6.07) is 15.4. The third kappa shape index (κ3) is 3.19. The Balaban J connectivity index is 2.34. The van der Waals surface area contributed by atoms with Crippen molar-refractivity contribution in [2.75, 3.05) is 0 Å². The average molecular weight is 291 g/mol. The molecule has 0 aromatic heterocycles. The van der Waals surface area contributed by atoms with E-state index in [1.54, 1.807) is 6.07 Å². The zero-order valence-electron chi connectivity index (χ0n) is 9.18. The SMILES string of the molecule is OB(O)c1ccc(Br)cc1Cc1ccccc1. The van der Waals surface area contributed by atoms with Gasteiger partial charge in [0.15, 0.2) is 0 Å². The van der Waals surface area contributed by atoms with Gasteiger partial charge >= 0.3 is 7.12 Å². The van der Waals surface area contributed by atoms with Gasteiger partial charge in [0, 0.05) is 4.47 Å². The molecule has 0 radical (unpaired) electrons. The molecular weight excluding hydrogens is 279 g/mol. The van der Waals surface area contributed by atoms with Crippen LogP contribution >= 0.6 is 15.9 Å². The van der Waals surface area contributed by atoms with Crippen molar-refractivity contribution in [1.82, 2.24) is 0 Å². The van der Waals surface area contributed by atoms with E-state index in [0.717, 1.165) is 15.6 Å². The van der Waals surface area contributed by atoms with Crippen molar-refractivity contribution in [3.8, 4) is 0 Å². The Bertz CT molecular complexity index is 500. The second kappa shape index (κ2) is 5.49. The fourth-order valence-electron chi connectivity index (χ4n) is 1.80. The molecule has 4 heteroatoms. The second-order valence-electron chi connectivity index (χ2n) is 3.88. The van der Waals surface area contributed by atoms with E-state index in [4.69, 9.17) is 0 Å². The van der Waals surface area contributed by atoms with Crippen molar-refractivity contribution in [3.63, 3.8) is 0 Å². The zero-order chi connectivity index (χ0) is 12.3. The van der Waals surface area contributed by atoms with Gasteiger partial charge in [-0.15, -0.1) is 0 Å². The largest absolute Gasteiger partial charge is 0.488 e. The van der Waals surface area contributed by atoms with Crippen LogP contribution in [-0.4, -0.2) is 17.2 Å². The Morgan fingerprint density at radius 1 is 1.00 bits per heavy atom. The van der Waals surface area contributed by atoms with Crippen LogP contribution in [0.3, 0.4) is 0 Å². The number of rotatable bonds is 3. The molecule has 0 atom stereocenters. The molecule has 0 spiro atoms. The van der Waals surface area contributed by atoms with E-state index in [0.29, 0.717) is 11.9 Å². The highest BCUT2D eigenvalue weighted by Crippen LogP contribution is 2.14. The highest BCUT2D eigenvalue weighted by Gasteiger charge is 2.16. The van der Waals surface area contributed by atoms with Crippen LogP contribution < -0.4 is 5.46 Å². The van der Waals surface area contributed by atoms with Gasteiger partial charge in [-0.3, -0.25) is 0 Å². The maximum atomic E-state index is 9.31. The molecule has 0 amide bonds. The highest BCUT2D eigenvalue weighted by atomic mass is 79.9. The summed E-state index contributed by atoms with van der Waals surface area (Å²) >= 11 is 3.40. The average Bonchev–Trinajstić information content (AvgIpc) is 2.30. The normalized spacial score (nSPS) is 10.3. The first-order valence-electron chi connectivity index (χ1n) is 5.35. The van der Waals surface area contributed by atoms with Crippen LogP contribution in [0.15, 0.2) is 53.0 Å². The minimum atomic E-state index is -1.43. The van der Waals surface area contributed by atoms with Crippen LogP contribution in [0.1, 0.15) is 11.1 Å². The number of halogens is 1. The van der Waals surface area contributed by atoms with E-state index in [2.05, 4.69) is 15.9 Å². The maximum absolute atomic E-state index is 9.31. The van der Waals surface area contributed by atoms with Crippen LogP contribution in [0.2, 0.25) is 0 Å². The smallest absolute Gasteiger partial charge is 0.423 e. The molecule has 2 N–H and O–H groups in total. The molecule has 86 valence electrons. The first kappa shape index (κ1) is 12.4. The quantitative estimate of drug-likeness (QED) is 0.845. The second-order valence-corrected chi connectivity index (χ2v) is 4.79. The summed E-state index contributed by atoms with van der Waals surface area (Å²) in [5.41, 5.74) is 2.62. The van der Waals surface area contributed by atoms with Gasteiger partial charge in [0.05, 0.1) is 0 Å². The van der Waals surface area contributed by atoms with E-state index >= 15 is 0 Å². The summed E-state index contributed by atoms with van der Waals surface area (Å²) in [4.78, 5) is 0. The Labute approximate surface area is 109 Å². The number of hydrogen-bond donors (Lipinski definition) is 2. The predicted molar refractivity (Wildman–Crippen MR) is 73.2 cm³/mol. The van der Waals surface area contributed by atoms with Gasteiger partial charge in [-0.05, 0) is 35.1 Å². The Morgan fingerprint density at radius 2 is 1.71 bits per heavy atom. The summed E-state index contributed by atoms with van der Waals surface area (Å²) < 4.78 is 0.938. The van der Waals surface area contributed by atoms with Crippen molar-refractivity contribution < 1.29 is 10.0 Å². The molecule has 0 saturated carbocycles. The van der Waals surface area contributed by atoms with E-state index in [1.165, 1.54) is 0 Å². The Morgan fingerprint density at radius 3 is 2.35 bits per heavy atom. The third-order valence-electron chi connectivity index (χ3n) is 2.62. The maximum Gasteiger partial charge on any atom is 0.488 e. The lowest BCUT2D eigenvalue weighted by Gasteiger charge is -2.09. The van der Waals surface area contributed by atoms with Gasteiger partial charge in [0.1, 0.15) is 0 Å². The van der Waals surface area contributed by atoms with Crippen LogP contribution in [0, 0.1) is 0 Å². The van der Waals surface area contributed by atoms with Gasteiger partial charge in [-0.25, -0.2) is 0 Å². The summed E-state index contributed by atoms with van der Waals surface area (Å²) in [7, 11) is -1.43. The molecule has 0 aliphatic rings. The topological polar surface area (TPSA) is 40.5 Å². The lowest BCUT2D eigenvalue weighted by atomic mass is 9.76. The Kier molecular flexibility index (Phi) is 4.00. The fourth-order valence-corrected chi connectivity index (χ4v) is 2.20. The third-order valence-corrected chi connectivity index (χ3v) is 3.11. The summed E-state index contributed by atoms with van der Waals surface area (Å²) in [6.45, 7) is 0. The molecule has 2 aromatic carbocycles. The highest BCUT2D eigenvalue weighted by molar-refractivity contribution is 9.10. The molecule has 0 saturated heterocycles. The summed E-state index contributed by atoms with van der Waals surface area (Å²) in [6.07, 6.45) is 0.688. The minimum Gasteiger partial charge on any atom is -0.423 e. The first-order valence-corrected chi connectivity index (χ1v) is 6.14.